The van der Waals surface area contributed by atoms with Crippen molar-refractivity contribution in [2.75, 3.05) is 6.54 Å². The lowest BCUT2D eigenvalue weighted by Crippen LogP contribution is -2.27. The summed E-state index contributed by atoms with van der Waals surface area (Å²) in [4.78, 5) is 12.6. The molecule has 2 aliphatic heterocycles. The van der Waals surface area contributed by atoms with Crippen molar-refractivity contribution in [1.82, 2.24) is 4.90 Å². The van der Waals surface area contributed by atoms with Gasteiger partial charge in [0.05, 0.1) is 6.54 Å². The first-order valence-corrected chi connectivity index (χ1v) is 3.71. The molecule has 0 bridgehead atoms. The largest absolute Gasteiger partial charge is 0.337 e. The Kier molecular flexibility index (Phi) is 1.19. The van der Waals surface area contributed by atoms with E-state index >= 15 is 0 Å². The zero-order chi connectivity index (χ0) is 7.14. The van der Waals surface area contributed by atoms with Gasteiger partial charge in [0.1, 0.15) is 6.17 Å². The molecule has 0 radical (unpaired) electrons. The van der Waals surface area contributed by atoms with Crippen LogP contribution in [0, 0.1) is 0 Å². The Morgan fingerprint density at radius 1 is 1.60 bits per heavy atom. The summed E-state index contributed by atoms with van der Waals surface area (Å²) in [5.74, 6) is 0.144. The van der Waals surface area contributed by atoms with Crippen molar-refractivity contribution in [3.63, 3.8) is 0 Å². The molecule has 2 aliphatic rings. The van der Waals surface area contributed by atoms with Crippen molar-refractivity contribution >= 4 is 5.91 Å². The molecule has 10 heavy (non-hydrogen) atoms. The van der Waals surface area contributed by atoms with Gasteiger partial charge < -0.3 is 4.90 Å². The fourth-order valence-corrected chi connectivity index (χ4v) is 1.87. The molecule has 2 nitrogen and oxygen atoms in total. The third-order valence-corrected chi connectivity index (χ3v) is 2.38. The number of nitrogens with zero attached hydrogens (tertiary/aromatic N) is 1. The summed E-state index contributed by atoms with van der Waals surface area (Å²) in [6.45, 7) is 0.351. The predicted molar refractivity (Wildman–Crippen MR) is 34.2 cm³/mol. The van der Waals surface area contributed by atoms with Crippen molar-refractivity contribution < 1.29 is 9.18 Å². The molecule has 2 rings (SSSR count). The molecule has 2 heterocycles. The van der Waals surface area contributed by atoms with E-state index < -0.39 is 6.17 Å². The highest BCUT2D eigenvalue weighted by Crippen LogP contribution is 2.29. The Labute approximate surface area is 59.0 Å². The summed E-state index contributed by atoms with van der Waals surface area (Å²) in [6, 6.07) is 0.238. The first kappa shape index (κ1) is 6.13. The van der Waals surface area contributed by atoms with E-state index in [9.17, 15) is 9.18 Å². The second-order valence-corrected chi connectivity index (χ2v) is 3.07. The normalized spacial score (nSPS) is 38.9. The molecule has 0 aliphatic carbocycles. The number of hydrogen-bond donors (Lipinski definition) is 0. The average Bonchev–Trinajstić information content (AvgIpc) is 2.35. The van der Waals surface area contributed by atoms with Crippen molar-refractivity contribution in [2.24, 2.45) is 0 Å². The molecule has 0 aromatic heterocycles. The summed E-state index contributed by atoms with van der Waals surface area (Å²) in [6.07, 6.45) is 1.33. The number of alkyl halides is 1. The van der Waals surface area contributed by atoms with Crippen molar-refractivity contribution in [3.05, 3.63) is 0 Å². The standard InChI is InChI=1S/C7H10FNO/c8-5-3-6-1-2-7(10)9(6)4-5/h5-6H,1-4H2/t5-,6+/m0/s1. The molecule has 2 fully saturated rings. The van der Waals surface area contributed by atoms with Gasteiger partial charge in [-0.05, 0) is 6.42 Å². The number of halogens is 1. The molecule has 0 aromatic carbocycles. The van der Waals surface area contributed by atoms with Crippen molar-refractivity contribution in [3.8, 4) is 0 Å². The van der Waals surface area contributed by atoms with Gasteiger partial charge >= 0.3 is 0 Å². The van der Waals surface area contributed by atoms with Crippen LogP contribution in [0.4, 0.5) is 4.39 Å². The van der Waals surface area contributed by atoms with Gasteiger partial charge in [-0.15, -0.1) is 0 Å². The van der Waals surface area contributed by atoms with E-state index in [0.717, 1.165) is 6.42 Å². The lowest BCUT2D eigenvalue weighted by Gasteiger charge is -2.12. The van der Waals surface area contributed by atoms with Gasteiger partial charge in [-0.1, -0.05) is 0 Å². The quantitative estimate of drug-likeness (QED) is 0.489. The van der Waals surface area contributed by atoms with Gasteiger partial charge in [-0.25, -0.2) is 4.39 Å². The number of carbonyl (C=O) groups is 1. The van der Waals surface area contributed by atoms with Crippen LogP contribution in [0.5, 0.6) is 0 Å². The first-order valence-electron chi connectivity index (χ1n) is 3.71. The van der Waals surface area contributed by atoms with Gasteiger partial charge in [0.15, 0.2) is 0 Å². The highest BCUT2D eigenvalue weighted by atomic mass is 19.1. The lowest BCUT2D eigenvalue weighted by molar-refractivity contribution is -0.128. The summed E-state index contributed by atoms with van der Waals surface area (Å²) in [7, 11) is 0. The van der Waals surface area contributed by atoms with Gasteiger partial charge in [0.2, 0.25) is 5.91 Å². The van der Waals surface area contributed by atoms with Gasteiger partial charge in [0, 0.05) is 18.9 Å². The average molecular weight is 143 g/mol. The molecule has 0 N–H and O–H groups in total. The fraction of sp³-hybridized carbons (Fsp3) is 0.857. The molecule has 2 atom stereocenters. The molecule has 2 saturated heterocycles. The van der Waals surface area contributed by atoms with E-state index in [4.69, 9.17) is 0 Å². The van der Waals surface area contributed by atoms with Crippen LogP contribution in [0.25, 0.3) is 0 Å². The maximum Gasteiger partial charge on any atom is 0.222 e. The van der Waals surface area contributed by atoms with Crippen LogP contribution in [-0.2, 0) is 4.79 Å². The van der Waals surface area contributed by atoms with E-state index in [2.05, 4.69) is 0 Å². The second-order valence-electron chi connectivity index (χ2n) is 3.07. The maximum atomic E-state index is 12.6. The smallest absolute Gasteiger partial charge is 0.222 e. The summed E-state index contributed by atoms with van der Waals surface area (Å²) >= 11 is 0. The van der Waals surface area contributed by atoms with Crippen LogP contribution in [0.2, 0.25) is 0 Å². The minimum atomic E-state index is -0.755. The monoisotopic (exact) mass is 143 g/mol. The number of carbonyl (C=O) groups excluding carboxylic acids is 1. The molecule has 1 amide bonds. The van der Waals surface area contributed by atoms with Gasteiger partial charge in [0.25, 0.3) is 0 Å². The van der Waals surface area contributed by atoms with E-state index in [1.165, 1.54) is 0 Å². The molecule has 0 spiro atoms. The Balaban J connectivity index is 2.12. The third kappa shape index (κ3) is 0.728. The summed E-state index contributed by atoms with van der Waals surface area (Å²) in [5.41, 5.74) is 0. The number of rotatable bonds is 0. The first-order chi connectivity index (χ1) is 4.77. The van der Waals surface area contributed by atoms with E-state index in [1.807, 2.05) is 0 Å². The molecule has 0 saturated carbocycles. The van der Waals surface area contributed by atoms with Crippen LogP contribution in [0.3, 0.4) is 0 Å². The molecular formula is C7H10FNO. The SMILES string of the molecule is O=C1CC[C@@H]2C[C@H](F)CN12. The molecule has 56 valence electrons. The van der Waals surface area contributed by atoms with E-state index in [0.29, 0.717) is 19.4 Å². The van der Waals surface area contributed by atoms with Gasteiger partial charge in [-0.3, -0.25) is 4.79 Å². The van der Waals surface area contributed by atoms with E-state index in [-0.39, 0.29) is 11.9 Å². The van der Waals surface area contributed by atoms with Crippen LogP contribution >= 0.6 is 0 Å². The zero-order valence-corrected chi connectivity index (χ0v) is 5.72. The van der Waals surface area contributed by atoms with Crippen molar-refractivity contribution in [2.45, 2.75) is 31.5 Å². The Morgan fingerprint density at radius 3 is 3.10 bits per heavy atom. The third-order valence-electron chi connectivity index (χ3n) is 2.38. The van der Waals surface area contributed by atoms with Crippen LogP contribution < -0.4 is 0 Å². The van der Waals surface area contributed by atoms with Gasteiger partial charge in [-0.2, -0.15) is 0 Å². The topological polar surface area (TPSA) is 20.3 Å². The Bertz CT molecular complexity index is 171. The second kappa shape index (κ2) is 1.94. The van der Waals surface area contributed by atoms with Crippen LogP contribution in [0.1, 0.15) is 19.3 Å². The lowest BCUT2D eigenvalue weighted by atomic mass is 10.1. The molecule has 0 unspecified atom stereocenters. The Hall–Kier alpha value is -0.600. The number of hydrogen-bond acceptors (Lipinski definition) is 1. The van der Waals surface area contributed by atoms with E-state index in [1.54, 1.807) is 4.90 Å². The maximum absolute atomic E-state index is 12.6. The fourth-order valence-electron chi connectivity index (χ4n) is 1.87. The summed E-state index contributed by atoms with van der Waals surface area (Å²) < 4.78 is 12.6. The van der Waals surface area contributed by atoms with Crippen LogP contribution in [0.15, 0.2) is 0 Å². The molecule has 3 heteroatoms. The highest BCUT2D eigenvalue weighted by molar-refractivity contribution is 5.79. The Morgan fingerprint density at radius 2 is 2.40 bits per heavy atom. The predicted octanol–water partition coefficient (Wildman–Crippen LogP) is 0.719. The number of amides is 1. The minimum Gasteiger partial charge on any atom is -0.337 e. The summed E-state index contributed by atoms with van der Waals surface area (Å²) in [5, 5.41) is 0. The van der Waals surface area contributed by atoms with Crippen LogP contribution in [-0.4, -0.2) is 29.6 Å². The number of fused-ring (bicyclic) bond motifs is 1. The highest BCUT2D eigenvalue weighted by Gasteiger charge is 2.39. The minimum absolute atomic E-state index is 0.144. The molecular weight excluding hydrogens is 133 g/mol. The van der Waals surface area contributed by atoms with Crippen molar-refractivity contribution in [1.29, 1.82) is 0 Å². The zero-order valence-electron chi connectivity index (χ0n) is 5.72. The molecule has 0 aromatic rings.